The van der Waals surface area contributed by atoms with Gasteiger partial charge in [0, 0.05) is 23.4 Å². The van der Waals surface area contributed by atoms with E-state index >= 15 is 0 Å². The van der Waals surface area contributed by atoms with Crippen molar-refractivity contribution in [3.8, 4) is 28.4 Å². The predicted molar refractivity (Wildman–Crippen MR) is 109 cm³/mol. The monoisotopic (exact) mass is 487 g/mol. The summed E-state index contributed by atoms with van der Waals surface area (Å²) in [5.74, 6) is -1.54. The maximum atomic E-state index is 13.8. The molecule has 0 amide bonds. The normalized spacial score (nSPS) is 12.6. The second kappa shape index (κ2) is 8.65. The first-order chi connectivity index (χ1) is 15.6. The Kier molecular flexibility index (Phi) is 6.38. The number of rotatable bonds is 6. The van der Waals surface area contributed by atoms with Gasteiger partial charge < -0.3 is 14.8 Å². The number of benzene rings is 1. The van der Waals surface area contributed by atoms with Crippen LogP contribution in [0.15, 0.2) is 36.7 Å². The summed E-state index contributed by atoms with van der Waals surface area (Å²) in [4.78, 5) is 20.6. The van der Waals surface area contributed by atoms with Gasteiger partial charge in [0.05, 0.1) is 17.2 Å². The Morgan fingerprint density at radius 3 is 2.21 bits per heavy atom. The summed E-state index contributed by atoms with van der Waals surface area (Å²) in [5, 5.41) is 9.15. The topological polar surface area (TPSA) is 88.1 Å². The van der Waals surface area contributed by atoms with Gasteiger partial charge >= 0.3 is 18.3 Å². The van der Waals surface area contributed by atoms with Crippen molar-refractivity contribution in [3.05, 3.63) is 53.5 Å². The quantitative estimate of drug-likeness (QED) is 0.418. The number of alkyl halides is 6. The van der Waals surface area contributed by atoms with Gasteiger partial charge in [0.25, 0.3) is 0 Å². The molecule has 2 aromatic heterocycles. The van der Waals surface area contributed by atoms with Gasteiger partial charge in [0.1, 0.15) is 18.1 Å². The number of H-pyrrole nitrogens is 1. The summed E-state index contributed by atoms with van der Waals surface area (Å²) in [6.07, 6.45) is -7.94. The standard InChI is InChI=1S/C22H19F6N3O3/c1-11-6-17(34-10-20(2,3)19(32)33)29-8-14(11)12-4-5-13(15(7-12)21(23,24)25)18-30-9-16(31-18)22(26,27)28/h4-9H,10H2,1-3H3,(H,30,31)(H,32,33). The summed E-state index contributed by atoms with van der Waals surface area (Å²) in [5.41, 5.74) is -3.19. The van der Waals surface area contributed by atoms with Gasteiger partial charge in [-0.25, -0.2) is 9.97 Å². The Balaban J connectivity index is 1.97. The van der Waals surface area contributed by atoms with Gasteiger partial charge in [-0.05, 0) is 38.0 Å². The Bertz CT molecular complexity index is 1220. The summed E-state index contributed by atoms with van der Waals surface area (Å²) >= 11 is 0. The number of pyridine rings is 1. The third-order valence-corrected chi connectivity index (χ3v) is 5.02. The lowest BCUT2D eigenvalue weighted by Gasteiger charge is -2.19. The fourth-order valence-electron chi connectivity index (χ4n) is 2.98. The van der Waals surface area contributed by atoms with Crippen LogP contribution < -0.4 is 4.74 Å². The molecule has 0 aliphatic rings. The third kappa shape index (κ3) is 5.32. The molecule has 1 aromatic carbocycles. The predicted octanol–water partition coefficient (Wildman–Crippen LogP) is 5.97. The average Bonchev–Trinajstić information content (AvgIpc) is 3.22. The molecule has 0 radical (unpaired) electrons. The van der Waals surface area contributed by atoms with Gasteiger partial charge in [-0.1, -0.05) is 12.1 Å². The van der Waals surface area contributed by atoms with E-state index in [1.807, 2.05) is 4.98 Å². The van der Waals surface area contributed by atoms with Crippen LogP contribution in [0.5, 0.6) is 5.88 Å². The van der Waals surface area contributed by atoms with Crippen LogP contribution in [0.2, 0.25) is 0 Å². The second-order valence-electron chi connectivity index (χ2n) is 8.22. The maximum Gasteiger partial charge on any atom is 0.432 e. The molecule has 0 aliphatic carbocycles. The molecule has 0 aliphatic heterocycles. The summed E-state index contributed by atoms with van der Waals surface area (Å²) in [6.45, 7) is 4.36. The first-order valence-electron chi connectivity index (χ1n) is 9.76. The molecule has 34 heavy (non-hydrogen) atoms. The fraction of sp³-hybridized carbons (Fsp3) is 0.318. The number of carbonyl (C=O) groups is 1. The van der Waals surface area contributed by atoms with E-state index in [1.165, 1.54) is 32.2 Å². The van der Waals surface area contributed by atoms with Crippen LogP contribution in [0, 0.1) is 12.3 Å². The molecular formula is C22H19F6N3O3. The molecule has 0 spiro atoms. The van der Waals surface area contributed by atoms with Crippen LogP contribution in [-0.4, -0.2) is 32.6 Å². The summed E-state index contributed by atoms with van der Waals surface area (Å²) in [6, 6.07) is 4.62. The average molecular weight is 487 g/mol. The van der Waals surface area contributed by atoms with Crippen molar-refractivity contribution in [3.63, 3.8) is 0 Å². The maximum absolute atomic E-state index is 13.8. The number of ether oxygens (including phenoxy) is 1. The highest BCUT2D eigenvalue weighted by Crippen LogP contribution is 2.40. The van der Waals surface area contributed by atoms with Crippen molar-refractivity contribution in [1.29, 1.82) is 0 Å². The lowest BCUT2D eigenvalue weighted by Crippen LogP contribution is -2.30. The SMILES string of the molecule is Cc1cc(OCC(C)(C)C(=O)O)ncc1-c1ccc(-c2ncc(C(F)(F)F)[nH]2)c(C(F)(F)F)c1. The molecule has 0 fully saturated rings. The smallest absolute Gasteiger partial charge is 0.432 e. The minimum Gasteiger partial charge on any atom is -0.481 e. The van der Waals surface area contributed by atoms with Crippen LogP contribution in [0.25, 0.3) is 22.5 Å². The molecule has 0 saturated carbocycles. The Labute approximate surface area is 189 Å². The number of aryl methyl sites for hydroxylation is 1. The van der Waals surface area contributed by atoms with Gasteiger partial charge in [0.15, 0.2) is 0 Å². The van der Waals surface area contributed by atoms with Crippen LogP contribution in [-0.2, 0) is 17.1 Å². The number of aromatic amines is 1. The van der Waals surface area contributed by atoms with Crippen LogP contribution >= 0.6 is 0 Å². The lowest BCUT2D eigenvalue weighted by atomic mass is 9.95. The largest absolute Gasteiger partial charge is 0.481 e. The fourth-order valence-corrected chi connectivity index (χ4v) is 2.98. The van der Waals surface area contributed by atoms with E-state index in [-0.39, 0.29) is 18.1 Å². The molecule has 2 heterocycles. The van der Waals surface area contributed by atoms with E-state index in [9.17, 15) is 31.1 Å². The van der Waals surface area contributed by atoms with Crippen molar-refractivity contribution in [1.82, 2.24) is 15.0 Å². The number of carboxylic acids is 1. The molecule has 0 unspecified atom stereocenters. The van der Waals surface area contributed by atoms with Crippen molar-refractivity contribution in [2.75, 3.05) is 6.61 Å². The number of nitrogens with one attached hydrogen (secondary N) is 1. The van der Waals surface area contributed by atoms with E-state index < -0.39 is 46.4 Å². The van der Waals surface area contributed by atoms with E-state index in [4.69, 9.17) is 9.84 Å². The van der Waals surface area contributed by atoms with Crippen molar-refractivity contribution < 1.29 is 41.0 Å². The number of aromatic nitrogens is 3. The number of hydrogen-bond acceptors (Lipinski definition) is 4. The van der Waals surface area contributed by atoms with Gasteiger partial charge in [-0.15, -0.1) is 0 Å². The van der Waals surface area contributed by atoms with E-state index in [2.05, 4.69) is 9.97 Å². The van der Waals surface area contributed by atoms with Crippen molar-refractivity contribution in [2.24, 2.45) is 5.41 Å². The number of aliphatic carboxylic acids is 1. The molecule has 6 nitrogen and oxygen atoms in total. The highest BCUT2D eigenvalue weighted by atomic mass is 19.4. The van der Waals surface area contributed by atoms with Crippen molar-refractivity contribution >= 4 is 5.97 Å². The molecule has 3 aromatic rings. The molecule has 3 rings (SSSR count). The third-order valence-electron chi connectivity index (χ3n) is 5.02. The Morgan fingerprint density at radius 2 is 1.68 bits per heavy atom. The first kappa shape index (κ1) is 25.1. The molecular weight excluding hydrogens is 468 g/mol. The van der Waals surface area contributed by atoms with E-state index in [0.717, 1.165) is 12.1 Å². The molecule has 0 bridgehead atoms. The minimum absolute atomic E-state index is 0.0958. The molecule has 12 heteroatoms. The highest BCUT2D eigenvalue weighted by molar-refractivity contribution is 5.74. The Morgan fingerprint density at radius 1 is 1.00 bits per heavy atom. The van der Waals surface area contributed by atoms with Gasteiger partial charge in [-0.3, -0.25) is 4.79 Å². The summed E-state index contributed by atoms with van der Waals surface area (Å²) in [7, 11) is 0. The van der Waals surface area contributed by atoms with Crippen molar-refractivity contribution in [2.45, 2.75) is 33.1 Å². The van der Waals surface area contributed by atoms with Crippen LogP contribution in [0.4, 0.5) is 26.3 Å². The Hall–Kier alpha value is -3.57. The number of nitrogens with zero attached hydrogens (tertiary/aromatic N) is 2. The minimum atomic E-state index is -4.87. The first-order valence-corrected chi connectivity index (χ1v) is 9.76. The zero-order chi connectivity index (χ0) is 25.5. The summed E-state index contributed by atoms with van der Waals surface area (Å²) < 4.78 is 85.2. The number of halogens is 6. The second-order valence-corrected chi connectivity index (χ2v) is 8.22. The molecule has 2 N–H and O–H groups in total. The number of hydrogen-bond donors (Lipinski definition) is 2. The van der Waals surface area contributed by atoms with Gasteiger partial charge in [-0.2, -0.15) is 26.3 Å². The highest BCUT2D eigenvalue weighted by Gasteiger charge is 2.37. The van der Waals surface area contributed by atoms with E-state index in [1.54, 1.807) is 6.92 Å². The van der Waals surface area contributed by atoms with Gasteiger partial charge in [0.2, 0.25) is 5.88 Å². The number of imidazole rings is 1. The van der Waals surface area contributed by atoms with E-state index in [0.29, 0.717) is 17.3 Å². The molecule has 0 saturated heterocycles. The molecule has 182 valence electrons. The zero-order valence-corrected chi connectivity index (χ0v) is 18.1. The number of carboxylic acid groups (broad SMARTS) is 1. The van der Waals surface area contributed by atoms with Crippen LogP contribution in [0.3, 0.4) is 0 Å². The van der Waals surface area contributed by atoms with Crippen LogP contribution in [0.1, 0.15) is 30.7 Å². The molecule has 0 atom stereocenters. The zero-order valence-electron chi connectivity index (χ0n) is 18.1. The lowest BCUT2D eigenvalue weighted by molar-refractivity contribution is -0.148.